The molecule has 7 nitrogen and oxygen atoms in total. The molecular weight excluding hydrogens is 352 g/mol. The number of nitrogens with one attached hydrogen (secondary N) is 2. The molecule has 0 spiro atoms. The summed E-state index contributed by atoms with van der Waals surface area (Å²) in [4.78, 5) is 4.23. The zero-order valence-corrected chi connectivity index (χ0v) is 16.4. The van der Waals surface area contributed by atoms with Crippen molar-refractivity contribution in [3.8, 4) is 0 Å². The average Bonchev–Trinajstić information content (AvgIpc) is 2.65. The van der Waals surface area contributed by atoms with Crippen molar-refractivity contribution in [3.63, 3.8) is 0 Å². The van der Waals surface area contributed by atoms with E-state index in [-0.39, 0.29) is 12.5 Å². The van der Waals surface area contributed by atoms with Crippen molar-refractivity contribution < 1.29 is 13.5 Å². The molecule has 8 heteroatoms. The molecular formula is C18H30N4O3S. The molecule has 0 amide bonds. The summed E-state index contributed by atoms with van der Waals surface area (Å²) in [7, 11) is -1.36. The maximum absolute atomic E-state index is 11.6. The minimum absolute atomic E-state index is 0.00718. The maximum Gasteiger partial charge on any atom is 0.211 e. The minimum Gasteiger partial charge on any atom is -0.396 e. The van der Waals surface area contributed by atoms with Gasteiger partial charge in [-0.25, -0.2) is 12.7 Å². The lowest BCUT2D eigenvalue weighted by Gasteiger charge is -2.30. The molecule has 146 valence electrons. The summed E-state index contributed by atoms with van der Waals surface area (Å²) in [6.45, 7) is 2.58. The lowest BCUT2D eigenvalue weighted by Crippen LogP contribution is -2.44. The zero-order chi connectivity index (χ0) is 19.0. The molecule has 1 aromatic rings. The van der Waals surface area contributed by atoms with Crippen molar-refractivity contribution in [2.45, 2.75) is 18.8 Å². The van der Waals surface area contributed by atoms with E-state index in [1.165, 1.54) is 6.26 Å². The summed E-state index contributed by atoms with van der Waals surface area (Å²) in [5, 5.41) is 16.2. The highest BCUT2D eigenvalue weighted by atomic mass is 32.2. The smallest absolute Gasteiger partial charge is 0.211 e. The number of aliphatic imine (C=N–C) groups is 1. The van der Waals surface area contributed by atoms with E-state index in [0.717, 1.165) is 24.9 Å². The second-order valence-corrected chi connectivity index (χ2v) is 8.71. The molecule has 1 atom stereocenters. The van der Waals surface area contributed by atoms with Gasteiger partial charge in [0.05, 0.1) is 12.9 Å². The van der Waals surface area contributed by atoms with Crippen LogP contribution in [0.4, 0.5) is 0 Å². The van der Waals surface area contributed by atoms with E-state index < -0.39 is 10.0 Å². The molecule has 1 aromatic carbocycles. The van der Waals surface area contributed by atoms with Crippen molar-refractivity contribution in [2.75, 3.05) is 46.1 Å². The van der Waals surface area contributed by atoms with Gasteiger partial charge in [-0.05, 0) is 24.3 Å². The second kappa shape index (κ2) is 9.89. The monoisotopic (exact) mass is 382 g/mol. The zero-order valence-electron chi connectivity index (χ0n) is 15.6. The van der Waals surface area contributed by atoms with Crippen LogP contribution in [0.5, 0.6) is 0 Å². The molecule has 1 aliphatic heterocycles. The van der Waals surface area contributed by atoms with Crippen LogP contribution in [0.3, 0.4) is 0 Å². The predicted octanol–water partition coefficient (Wildman–Crippen LogP) is 0.599. The number of piperidine rings is 1. The quantitative estimate of drug-likeness (QED) is 0.474. The van der Waals surface area contributed by atoms with Gasteiger partial charge in [0.25, 0.3) is 0 Å². The number of rotatable bonds is 7. The number of hydrogen-bond donors (Lipinski definition) is 3. The Balaban J connectivity index is 1.76. The lowest BCUT2D eigenvalue weighted by molar-refractivity contribution is 0.264. The molecule has 1 aliphatic rings. The van der Waals surface area contributed by atoms with Crippen LogP contribution in [0, 0.1) is 5.92 Å². The summed E-state index contributed by atoms with van der Waals surface area (Å²) in [6, 6.07) is 9.91. The van der Waals surface area contributed by atoms with Crippen molar-refractivity contribution in [1.82, 2.24) is 14.9 Å². The van der Waals surface area contributed by atoms with Crippen LogP contribution in [0.2, 0.25) is 0 Å². The van der Waals surface area contributed by atoms with Crippen molar-refractivity contribution in [1.29, 1.82) is 0 Å². The fourth-order valence-electron chi connectivity index (χ4n) is 3.14. The van der Waals surface area contributed by atoms with Crippen molar-refractivity contribution in [2.24, 2.45) is 10.9 Å². The van der Waals surface area contributed by atoms with Gasteiger partial charge in [0.1, 0.15) is 0 Å². The summed E-state index contributed by atoms with van der Waals surface area (Å²) >= 11 is 0. The summed E-state index contributed by atoms with van der Waals surface area (Å²) in [6.07, 6.45) is 2.96. The molecule has 1 fully saturated rings. The predicted molar refractivity (Wildman–Crippen MR) is 105 cm³/mol. The molecule has 0 saturated carbocycles. The molecule has 0 aliphatic carbocycles. The molecule has 26 heavy (non-hydrogen) atoms. The first-order chi connectivity index (χ1) is 12.4. The van der Waals surface area contributed by atoms with E-state index in [0.29, 0.717) is 31.5 Å². The molecule has 1 heterocycles. The van der Waals surface area contributed by atoms with Crippen LogP contribution >= 0.6 is 0 Å². The van der Waals surface area contributed by atoms with E-state index >= 15 is 0 Å². The molecule has 2 rings (SSSR count). The molecule has 0 radical (unpaired) electrons. The Morgan fingerprint density at radius 2 is 1.92 bits per heavy atom. The van der Waals surface area contributed by atoms with Crippen LogP contribution in [0.1, 0.15) is 24.3 Å². The Bertz CT molecular complexity index is 671. The first-order valence-corrected chi connectivity index (χ1v) is 10.8. The highest BCUT2D eigenvalue weighted by Crippen LogP contribution is 2.18. The molecule has 1 unspecified atom stereocenters. The van der Waals surface area contributed by atoms with Gasteiger partial charge < -0.3 is 15.7 Å². The third kappa shape index (κ3) is 6.26. The van der Waals surface area contributed by atoms with Gasteiger partial charge in [0.15, 0.2) is 5.96 Å². The van der Waals surface area contributed by atoms with Gasteiger partial charge in [-0.2, -0.15) is 0 Å². The minimum atomic E-state index is -3.08. The first kappa shape index (κ1) is 20.7. The van der Waals surface area contributed by atoms with Gasteiger partial charge in [0.2, 0.25) is 10.0 Å². The normalized spacial score (nSPS) is 18.5. The Kier molecular flexibility index (Phi) is 7.86. The van der Waals surface area contributed by atoms with Crippen molar-refractivity contribution >= 4 is 16.0 Å². The van der Waals surface area contributed by atoms with E-state index in [1.54, 1.807) is 11.4 Å². The van der Waals surface area contributed by atoms with E-state index in [9.17, 15) is 13.5 Å². The number of hydrogen-bond acceptors (Lipinski definition) is 4. The summed E-state index contributed by atoms with van der Waals surface area (Å²) in [5.74, 6) is 1.13. The Hall–Kier alpha value is -1.64. The highest BCUT2D eigenvalue weighted by Gasteiger charge is 2.24. The van der Waals surface area contributed by atoms with Crippen LogP contribution in [0.25, 0.3) is 0 Å². The number of guanidine groups is 1. The lowest BCUT2D eigenvalue weighted by atomic mass is 9.98. The Morgan fingerprint density at radius 3 is 2.46 bits per heavy atom. The fourth-order valence-corrected chi connectivity index (χ4v) is 4.01. The standard InChI is InChI=1S/C18H30N4O3S/c1-19-18(21-13-17(14-23)16-6-4-3-5-7-16)20-12-15-8-10-22(11-9-15)26(2,24)25/h3-7,15,17,23H,8-14H2,1-2H3,(H2,19,20,21). The molecule has 0 aromatic heterocycles. The number of nitrogens with zero attached hydrogens (tertiary/aromatic N) is 2. The third-order valence-corrected chi connectivity index (χ3v) is 6.13. The van der Waals surface area contributed by atoms with Crippen LogP contribution in [0.15, 0.2) is 35.3 Å². The number of sulfonamides is 1. The third-order valence-electron chi connectivity index (χ3n) is 4.83. The van der Waals surface area contributed by atoms with Crippen molar-refractivity contribution in [3.05, 3.63) is 35.9 Å². The van der Waals surface area contributed by atoms with E-state index in [4.69, 9.17) is 0 Å². The van der Waals surface area contributed by atoms with Crippen LogP contribution in [-0.4, -0.2) is 69.9 Å². The van der Waals surface area contributed by atoms with Gasteiger partial charge in [-0.3, -0.25) is 4.99 Å². The number of aliphatic hydroxyl groups is 1. The number of aliphatic hydroxyl groups excluding tert-OH is 1. The van der Waals surface area contributed by atoms with Crippen LogP contribution in [-0.2, 0) is 10.0 Å². The van der Waals surface area contributed by atoms with Crippen LogP contribution < -0.4 is 10.6 Å². The Morgan fingerprint density at radius 1 is 1.27 bits per heavy atom. The molecule has 3 N–H and O–H groups in total. The fraction of sp³-hybridized carbons (Fsp3) is 0.611. The average molecular weight is 383 g/mol. The SMILES string of the molecule is CN=C(NCC1CCN(S(C)(=O)=O)CC1)NCC(CO)c1ccccc1. The van der Waals surface area contributed by atoms with E-state index in [1.807, 2.05) is 30.3 Å². The van der Waals surface area contributed by atoms with E-state index in [2.05, 4.69) is 15.6 Å². The van der Waals surface area contributed by atoms with Gasteiger partial charge in [-0.1, -0.05) is 30.3 Å². The highest BCUT2D eigenvalue weighted by molar-refractivity contribution is 7.88. The summed E-state index contributed by atoms with van der Waals surface area (Å²) < 4.78 is 24.7. The van der Waals surface area contributed by atoms with Gasteiger partial charge in [-0.15, -0.1) is 0 Å². The van der Waals surface area contributed by atoms with Gasteiger partial charge >= 0.3 is 0 Å². The molecule has 1 saturated heterocycles. The summed E-state index contributed by atoms with van der Waals surface area (Å²) in [5.41, 5.74) is 1.09. The van der Waals surface area contributed by atoms with Gasteiger partial charge in [0, 0.05) is 39.1 Å². The Labute approximate surface area is 156 Å². The first-order valence-electron chi connectivity index (χ1n) is 8.99. The number of benzene rings is 1. The largest absolute Gasteiger partial charge is 0.396 e. The second-order valence-electron chi connectivity index (χ2n) is 6.73. The molecule has 0 bridgehead atoms. The maximum atomic E-state index is 11.6. The topological polar surface area (TPSA) is 94.0 Å².